The van der Waals surface area contributed by atoms with Crippen molar-refractivity contribution in [3.8, 4) is 5.75 Å². The third-order valence-electron chi connectivity index (χ3n) is 4.66. The molecule has 0 spiro atoms. The molecule has 0 bridgehead atoms. The normalized spacial score (nSPS) is 23.1. The predicted molar refractivity (Wildman–Crippen MR) is 92.4 cm³/mol. The fraction of sp³-hybridized carbons (Fsp3) is 0.333. The zero-order chi connectivity index (χ0) is 19.2. The van der Waals surface area contributed by atoms with Crippen LogP contribution in [-0.4, -0.2) is 34.5 Å². The van der Waals surface area contributed by atoms with Crippen LogP contribution in [0.5, 0.6) is 5.75 Å². The van der Waals surface area contributed by atoms with Crippen molar-refractivity contribution in [1.29, 1.82) is 0 Å². The van der Waals surface area contributed by atoms with Crippen molar-refractivity contribution in [3.05, 3.63) is 58.6 Å². The van der Waals surface area contributed by atoms with Gasteiger partial charge in [0.25, 0.3) is 0 Å². The van der Waals surface area contributed by atoms with Crippen LogP contribution in [0.3, 0.4) is 0 Å². The van der Waals surface area contributed by atoms with Crippen molar-refractivity contribution >= 4 is 21.4 Å². The van der Waals surface area contributed by atoms with Gasteiger partial charge in [-0.3, -0.25) is 0 Å². The van der Waals surface area contributed by atoms with E-state index in [0.717, 1.165) is 12.1 Å². The Morgan fingerprint density at radius 1 is 0.963 bits per heavy atom. The molecule has 0 unspecified atom stereocenters. The Hall–Kier alpha value is -1.74. The molecule has 4 rings (SSSR count). The summed E-state index contributed by atoms with van der Waals surface area (Å²) in [5, 5.41) is -1.07. The van der Waals surface area contributed by atoms with E-state index in [4.69, 9.17) is 25.8 Å². The molecule has 0 saturated carbocycles. The first-order chi connectivity index (χ1) is 12.9. The quantitative estimate of drug-likeness (QED) is 0.766. The number of ether oxygens (including phenoxy) is 3. The molecule has 144 valence electrons. The number of fused-ring (bicyclic) bond motifs is 1. The van der Waals surface area contributed by atoms with Crippen molar-refractivity contribution in [2.75, 3.05) is 19.8 Å². The minimum Gasteiger partial charge on any atom is -0.490 e. The molecule has 0 radical (unpaired) electrons. The van der Waals surface area contributed by atoms with Gasteiger partial charge in [-0.25, -0.2) is 17.2 Å². The van der Waals surface area contributed by atoms with Crippen LogP contribution < -0.4 is 4.74 Å². The maximum Gasteiger partial charge on any atom is 0.186 e. The van der Waals surface area contributed by atoms with Gasteiger partial charge in [0.15, 0.2) is 27.7 Å². The monoisotopic (exact) mass is 416 g/mol. The second kappa shape index (κ2) is 7.01. The summed E-state index contributed by atoms with van der Waals surface area (Å²) in [5.41, 5.74) is -0.347. The second-order valence-electron chi connectivity index (χ2n) is 6.28. The molecule has 2 atom stereocenters. The Morgan fingerprint density at radius 3 is 2.26 bits per heavy atom. The topological polar surface area (TPSA) is 61.8 Å². The molecule has 27 heavy (non-hydrogen) atoms. The summed E-state index contributed by atoms with van der Waals surface area (Å²) in [6, 6.07) is 7.31. The van der Waals surface area contributed by atoms with Gasteiger partial charge in [0, 0.05) is 5.02 Å². The average Bonchev–Trinajstić information content (AvgIpc) is 3.19. The van der Waals surface area contributed by atoms with Crippen LogP contribution in [0.1, 0.15) is 10.8 Å². The van der Waals surface area contributed by atoms with Gasteiger partial charge in [-0.2, -0.15) is 0 Å². The van der Waals surface area contributed by atoms with Crippen LogP contribution in [0.25, 0.3) is 0 Å². The van der Waals surface area contributed by atoms with E-state index in [1.807, 2.05) is 0 Å². The summed E-state index contributed by atoms with van der Waals surface area (Å²) < 4.78 is 71.9. The number of rotatable bonds is 3. The lowest BCUT2D eigenvalue weighted by atomic mass is 9.94. The summed E-state index contributed by atoms with van der Waals surface area (Å²) in [6.07, 6.45) is -0.895. The highest BCUT2D eigenvalue weighted by atomic mass is 35.5. The maximum atomic E-state index is 14.7. The Morgan fingerprint density at radius 2 is 1.59 bits per heavy atom. The van der Waals surface area contributed by atoms with E-state index in [9.17, 15) is 17.2 Å². The Kier molecular flexibility index (Phi) is 4.84. The molecule has 2 aromatic rings. The van der Waals surface area contributed by atoms with Crippen molar-refractivity contribution < 1.29 is 31.4 Å². The van der Waals surface area contributed by atoms with Crippen LogP contribution in [-0.2, 0) is 19.3 Å². The first-order valence-corrected chi connectivity index (χ1v) is 10.2. The van der Waals surface area contributed by atoms with E-state index in [1.54, 1.807) is 0 Å². The highest BCUT2D eigenvalue weighted by molar-refractivity contribution is 7.91. The van der Waals surface area contributed by atoms with Crippen LogP contribution in [0.4, 0.5) is 8.78 Å². The van der Waals surface area contributed by atoms with Gasteiger partial charge in [-0.1, -0.05) is 11.6 Å². The third kappa shape index (κ3) is 3.20. The smallest absolute Gasteiger partial charge is 0.186 e. The second-order valence-corrected chi connectivity index (χ2v) is 8.78. The zero-order valence-corrected chi connectivity index (χ0v) is 15.5. The number of hydrogen-bond acceptors (Lipinski definition) is 5. The fourth-order valence-corrected chi connectivity index (χ4v) is 5.57. The number of halogens is 3. The summed E-state index contributed by atoms with van der Waals surface area (Å²) in [4.78, 5) is -0.0589. The van der Waals surface area contributed by atoms with Gasteiger partial charge >= 0.3 is 0 Å². The molecular weight excluding hydrogens is 402 g/mol. The molecule has 5 nitrogen and oxygen atoms in total. The lowest BCUT2D eigenvalue weighted by Gasteiger charge is -2.35. The van der Waals surface area contributed by atoms with E-state index < -0.39 is 44.7 Å². The lowest BCUT2D eigenvalue weighted by molar-refractivity contribution is -0.0984. The van der Waals surface area contributed by atoms with Crippen LogP contribution in [0, 0.1) is 17.6 Å². The molecule has 9 heteroatoms. The van der Waals surface area contributed by atoms with Gasteiger partial charge in [-0.05, 0) is 36.4 Å². The summed E-state index contributed by atoms with van der Waals surface area (Å²) in [5.74, 6) is -2.95. The lowest BCUT2D eigenvalue weighted by Crippen LogP contribution is -2.40. The molecule has 1 fully saturated rings. The summed E-state index contributed by atoms with van der Waals surface area (Å²) in [6.45, 7) is 0.385. The molecule has 2 heterocycles. The first kappa shape index (κ1) is 18.6. The Balaban J connectivity index is 1.89. The highest BCUT2D eigenvalue weighted by Crippen LogP contribution is 2.47. The van der Waals surface area contributed by atoms with Crippen LogP contribution in [0.2, 0.25) is 5.02 Å². The number of benzene rings is 2. The molecular formula is C18H15ClF2O5S. The zero-order valence-electron chi connectivity index (χ0n) is 13.9. The third-order valence-corrected chi connectivity index (χ3v) is 7.10. The van der Waals surface area contributed by atoms with Gasteiger partial charge < -0.3 is 14.2 Å². The van der Waals surface area contributed by atoms with E-state index in [-0.39, 0.29) is 30.3 Å². The summed E-state index contributed by atoms with van der Waals surface area (Å²) in [7, 11) is -4.12. The summed E-state index contributed by atoms with van der Waals surface area (Å²) >= 11 is 5.84. The molecule has 1 saturated heterocycles. The molecule has 0 aliphatic carbocycles. The predicted octanol–water partition coefficient (Wildman–Crippen LogP) is 3.51. The minimum absolute atomic E-state index is 0.0589. The van der Waals surface area contributed by atoms with Crippen molar-refractivity contribution in [2.24, 2.45) is 5.92 Å². The highest BCUT2D eigenvalue weighted by Gasteiger charge is 2.48. The van der Waals surface area contributed by atoms with Gasteiger partial charge in [0.2, 0.25) is 0 Å². The van der Waals surface area contributed by atoms with E-state index in [1.165, 1.54) is 24.3 Å². The largest absolute Gasteiger partial charge is 0.490 e. The molecule has 2 aliphatic rings. The van der Waals surface area contributed by atoms with Crippen LogP contribution >= 0.6 is 11.6 Å². The Labute approximate surface area is 159 Å². The van der Waals surface area contributed by atoms with Gasteiger partial charge in [-0.15, -0.1) is 0 Å². The van der Waals surface area contributed by atoms with Crippen molar-refractivity contribution in [2.45, 2.75) is 16.4 Å². The molecule has 0 N–H and O–H groups in total. The molecule has 0 amide bonds. The van der Waals surface area contributed by atoms with Gasteiger partial charge in [0.05, 0.1) is 36.2 Å². The SMILES string of the molecule is O=S(=O)(c1ccc(Cl)cc1)[C@@H]1c2c(F)ccc(F)c2OC[C@H]1C1OCCO1. The molecule has 2 aliphatic heterocycles. The molecule has 0 aromatic heterocycles. The first-order valence-electron chi connectivity index (χ1n) is 8.23. The van der Waals surface area contributed by atoms with Gasteiger partial charge in [0.1, 0.15) is 11.1 Å². The average molecular weight is 417 g/mol. The van der Waals surface area contributed by atoms with Crippen molar-refractivity contribution in [3.63, 3.8) is 0 Å². The standard InChI is InChI=1S/C18H15ClF2O5S/c19-10-1-3-11(4-2-10)27(22,23)17-12(18-24-7-8-25-18)9-26-16-14(21)6-5-13(20)15(16)17/h1-6,12,17-18H,7-9H2/t12-,17+/m1/s1. The minimum atomic E-state index is -4.12. The van der Waals surface area contributed by atoms with E-state index in [0.29, 0.717) is 5.02 Å². The van der Waals surface area contributed by atoms with E-state index >= 15 is 0 Å². The van der Waals surface area contributed by atoms with Crippen molar-refractivity contribution in [1.82, 2.24) is 0 Å². The number of sulfone groups is 1. The fourth-order valence-electron chi connectivity index (χ4n) is 3.44. The maximum absolute atomic E-state index is 14.7. The Bertz CT molecular complexity index is 958. The number of hydrogen-bond donors (Lipinski definition) is 0. The van der Waals surface area contributed by atoms with E-state index in [2.05, 4.69) is 0 Å². The van der Waals surface area contributed by atoms with Crippen LogP contribution in [0.15, 0.2) is 41.3 Å². The molecule has 2 aromatic carbocycles.